The highest BCUT2D eigenvalue weighted by Crippen LogP contribution is 2.30. The van der Waals surface area contributed by atoms with Crippen molar-refractivity contribution in [2.24, 2.45) is 0 Å². The van der Waals surface area contributed by atoms with Crippen LogP contribution in [0.1, 0.15) is 53.8 Å². The molecule has 186 valence electrons. The number of aliphatic carboxylic acids is 1. The molecule has 1 N–H and O–H groups in total. The van der Waals surface area contributed by atoms with Crippen molar-refractivity contribution in [1.29, 1.82) is 0 Å². The number of aryl methyl sites for hydroxylation is 1. The summed E-state index contributed by atoms with van der Waals surface area (Å²) in [6.45, 7) is 2.54. The lowest BCUT2D eigenvalue weighted by Crippen LogP contribution is -2.04. The number of hydrogen-bond acceptors (Lipinski definition) is 4. The zero-order valence-electron chi connectivity index (χ0n) is 20.3. The molecule has 0 spiro atoms. The molecule has 0 fully saturated rings. The van der Waals surface area contributed by atoms with Crippen LogP contribution >= 0.6 is 11.3 Å². The first-order valence-electron chi connectivity index (χ1n) is 12.2. The Morgan fingerprint density at radius 3 is 2.56 bits per heavy atom. The van der Waals surface area contributed by atoms with E-state index in [9.17, 15) is 9.18 Å². The van der Waals surface area contributed by atoms with Crippen LogP contribution < -0.4 is 4.74 Å². The molecule has 6 heteroatoms. The Balaban J connectivity index is 1.36. The second-order valence-electron chi connectivity index (χ2n) is 8.86. The van der Waals surface area contributed by atoms with Gasteiger partial charge < -0.3 is 9.84 Å². The van der Waals surface area contributed by atoms with Crippen molar-refractivity contribution < 1.29 is 19.0 Å². The van der Waals surface area contributed by atoms with E-state index >= 15 is 0 Å². The third-order valence-corrected chi connectivity index (χ3v) is 7.04. The third kappa shape index (κ3) is 7.01. The van der Waals surface area contributed by atoms with Crippen LogP contribution in [0.2, 0.25) is 0 Å². The van der Waals surface area contributed by atoms with Crippen LogP contribution in [0, 0.1) is 5.82 Å². The molecule has 0 radical (unpaired) electrons. The highest BCUT2D eigenvalue weighted by atomic mass is 32.1. The third-order valence-electron chi connectivity index (χ3n) is 6.17. The number of aromatic nitrogens is 1. The van der Waals surface area contributed by atoms with Gasteiger partial charge in [-0.2, -0.15) is 0 Å². The molecule has 1 heterocycles. The summed E-state index contributed by atoms with van der Waals surface area (Å²) in [4.78, 5) is 15.6. The largest absolute Gasteiger partial charge is 0.489 e. The normalized spacial score (nSPS) is 11.8. The number of ether oxygens (including phenoxy) is 1. The number of carboxylic acid groups (broad SMARTS) is 1. The van der Waals surface area contributed by atoms with Gasteiger partial charge in [0.15, 0.2) is 0 Å². The van der Waals surface area contributed by atoms with Crippen LogP contribution in [0.5, 0.6) is 5.75 Å². The molecule has 1 unspecified atom stereocenters. The first kappa shape index (κ1) is 25.6. The molecule has 0 saturated heterocycles. The lowest BCUT2D eigenvalue weighted by atomic mass is 9.91. The highest BCUT2D eigenvalue weighted by molar-refractivity contribution is 7.09. The maximum atomic E-state index is 14.2. The molecular weight excluding hydrogens is 473 g/mol. The Kier molecular flexibility index (Phi) is 8.85. The van der Waals surface area contributed by atoms with Crippen molar-refractivity contribution in [3.8, 4) is 17.0 Å². The minimum Gasteiger partial charge on any atom is -0.489 e. The van der Waals surface area contributed by atoms with E-state index in [0.717, 1.165) is 41.1 Å². The summed E-state index contributed by atoms with van der Waals surface area (Å²) in [7, 11) is 0. The van der Waals surface area contributed by atoms with Gasteiger partial charge in [0.1, 0.15) is 18.2 Å². The van der Waals surface area contributed by atoms with E-state index in [2.05, 4.69) is 48.7 Å². The molecule has 4 nitrogen and oxygen atoms in total. The molecule has 4 aromatic rings. The van der Waals surface area contributed by atoms with Crippen LogP contribution in [0.15, 0.2) is 78.2 Å². The monoisotopic (exact) mass is 503 g/mol. The number of halogens is 1. The summed E-state index contributed by atoms with van der Waals surface area (Å²) in [5.74, 6) is -0.559. The number of hydrogen-bond donors (Lipinski definition) is 1. The van der Waals surface area contributed by atoms with Gasteiger partial charge in [0.2, 0.25) is 0 Å². The van der Waals surface area contributed by atoms with Crippen molar-refractivity contribution in [2.45, 2.75) is 51.6 Å². The molecule has 1 atom stereocenters. The zero-order chi connectivity index (χ0) is 25.3. The Morgan fingerprint density at radius 1 is 1.08 bits per heavy atom. The first-order chi connectivity index (χ1) is 17.5. The minimum atomic E-state index is -0.942. The molecule has 0 aliphatic carbocycles. The van der Waals surface area contributed by atoms with Crippen LogP contribution in [-0.2, 0) is 24.2 Å². The predicted molar refractivity (Wildman–Crippen MR) is 142 cm³/mol. The fourth-order valence-electron chi connectivity index (χ4n) is 4.21. The quantitative estimate of drug-likeness (QED) is 0.215. The fraction of sp³-hybridized carbons (Fsp3) is 0.267. The van der Waals surface area contributed by atoms with Crippen LogP contribution in [0.25, 0.3) is 11.3 Å². The van der Waals surface area contributed by atoms with Gasteiger partial charge in [-0.3, -0.25) is 4.79 Å². The van der Waals surface area contributed by atoms with E-state index in [1.54, 1.807) is 23.5 Å². The first-order valence-corrected chi connectivity index (χ1v) is 13.1. The molecule has 0 aliphatic heterocycles. The second-order valence-corrected chi connectivity index (χ2v) is 9.80. The SMILES string of the molecule is CCCC(Cc1nc(-c2ccccc2)cs1)c1ccc(COc2ccc(CCC(=O)O)c(F)c2)cc1. The summed E-state index contributed by atoms with van der Waals surface area (Å²) < 4.78 is 20.0. The van der Waals surface area contributed by atoms with Crippen LogP contribution in [0.3, 0.4) is 0 Å². The average molecular weight is 504 g/mol. The van der Waals surface area contributed by atoms with Crippen molar-refractivity contribution in [2.75, 3.05) is 0 Å². The smallest absolute Gasteiger partial charge is 0.303 e. The summed E-state index contributed by atoms with van der Waals surface area (Å²) in [5, 5.41) is 12.1. The molecule has 1 aromatic heterocycles. The van der Waals surface area contributed by atoms with Crippen molar-refractivity contribution in [3.05, 3.63) is 106 Å². The average Bonchev–Trinajstić information content (AvgIpc) is 3.36. The Hall–Kier alpha value is -3.51. The molecular formula is C30H30FNO3S. The Labute approximate surface area is 215 Å². The van der Waals surface area contributed by atoms with Gasteiger partial charge in [0.05, 0.1) is 10.7 Å². The molecule has 3 aromatic carbocycles. The number of nitrogens with zero attached hydrogens (tertiary/aromatic N) is 1. The van der Waals surface area contributed by atoms with Crippen LogP contribution in [-0.4, -0.2) is 16.1 Å². The number of benzene rings is 3. The Morgan fingerprint density at radius 2 is 1.86 bits per heavy atom. The summed E-state index contributed by atoms with van der Waals surface area (Å²) >= 11 is 1.72. The van der Waals surface area contributed by atoms with Gasteiger partial charge >= 0.3 is 5.97 Å². The van der Waals surface area contributed by atoms with Gasteiger partial charge in [-0.1, -0.05) is 74.0 Å². The van der Waals surface area contributed by atoms with Gasteiger partial charge in [-0.05, 0) is 41.5 Å². The molecule has 0 aliphatic rings. The molecule has 4 rings (SSSR count). The lowest BCUT2D eigenvalue weighted by Gasteiger charge is -2.16. The van der Waals surface area contributed by atoms with Gasteiger partial charge in [-0.15, -0.1) is 11.3 Å². The summed E-state index contributed by atoms with van der Waals surface area (Å²) in [6, 6.07) is 23.3. The Bertz CT molecular complexity index is 1270. The molecule has 0 bridgehead atoms. The number of thiazole rings is 1. The van der Waals surface area contributed by atoms with Gasteiger partial charge in [-0.25, -0.2) is 9.37 Å². The van der Waals surface area contributed by atoms with Crippen molar-refractivity contribution in [3.63, 3.8) is 0 Å². The minimum absolute atomic E-state index is 0.0980. The van der Waals surface area contributed by atoms with E-state index in [4.69, 9.17) is 14.8 Å². The lowest BCUT2D eigenvalue weighted by molar-refractivity contribution is -0.136. The van der Waals surface area contributed by atoms with E-state index in [1.165, 1.54) is 11.6 Å². The van der Waals surface area contributed by atoms with Crippen molar-refractivity contribution >= 4 is 17.3 Å². The topological polar surface area (TPSA) is 59.4 Å². The summed E-state index contributed by atoms with van der Waals surface area (Å²) in [6.07, 6.45) is 3.16. The fourth-order valence-corrected chi connectivity index (χ4v) is 5.09. The standard InChI is InChI=1S/C30H30FNO3S/c1-2-6-25(17-29-32-28(20-36-29)24-7-4-3-5-8-24)22-11-9-21(10-12-22)19-35-26-15-13-23(27(31)18-26)14-16-30(33)34/h3-5,7-13,15,18,20,25H,2,6,14,16-17,19H2,1H3,(H,33,34). The van der Waals surface area contributed by atoms with Crippen LogP contribution in [0.4, 0.5) is 4.39 Å². The molecule has 0 saturated carbocycles. The van der Waals surface area contributed by atoms with E-state index in [1.807, 2.05) is 18.2 Å². The van der Waals surface area contributed by atoms with E-state index < -0.39 is 11.8 Å². The maximum absolute atomic E-state index is 14.2. The van der Waals surface area contributed by atoms with Gasteiger partial charge in [0.25, 0.3) is 0 Å². The maximum Gasteiger partial charge on any atom is 0.303 e. The number of carboxylic acids is 1. The van der Waals surface area contributed by atoms with Gasteiger partial charge in [0, 0.05) is 29.9 Å². The molecule has 0 amide bonds. The number of carbonyl (C=O) groups is 1. The predicted octanol–water partition coefficient (Wildman–Crippen LogP) is 7.67. The van der Waals surface area contributed by atoms with E-state index in [0.29, 0.717) is 23.8 Å². The summed E-state index contributed by atoms with van der Waals surface area (Å²) in [5.41, 5.74) is 4.85. The highest BCUT2D eigenvalue weighted by Gasteiger charge is 2.15. The second kappa shape index (κ2) is 12.5. The zero-order valence-corrected chi connectivity index (χ0v) is 21.1. The van der Waals surface area contributed by atoms with Crippen molar-refractivity contribution in [1.82, 2.24) is 4.98 Å². The molecule has 36 heavy (non-hydrogen) atoms. The van der Waals surface area contributed by atoms with E-state index in [-0.39, 0.29) is 12.8 Å². The number of rotatable bonds is 12.